The fraction of sp³-hybridized carbons (Fsp3) is 0.286. The van der Waals surface area contributed by atoms with Crippen LogP contribution in [0.2, 0.25) is 0 Å². The number of ketones is 1. The predicted molar refractivity (Wildman–Crippen MR) is 129 cm³/mol. The monoisotopic (exact) mass is 413 g/mol. The van der Waals surface area contributed by atoms with Crippen LogP contribution in [0.4, 0.5) is 5.69 Å². The van der Waals surface area contributed by atoms with Crippen LogP contribution < -0.4 is 0 Å². The molecule has 3 aromatic carbocycles. The molecule has 0 aliphatic heterocycles. The minimum Gasteiger partial charge on any atom is -0.507 e. The van der Waals surface area contributed by atoms with Gasteiger partial charge in [-0.05, 0) is 46.7 Å². The summed E-state index contributed by atoms with van der Waals surface area (Å²) in [6, 6.07) is 20.5. The van der Waals surface area contributed by atoms with Crippen molar-refractivity contribution >= 4 is 17.7 Å². The summed E-state index contributed by atoms with van der Waals surface area (Å²) in [4.78, 5) is 17.1. The van der Waals surface area contributed by atoms with Crippen molar-refractivity contribution in [2.45, 2.75) is 52.4 Å². The third-order valence-electron chi connectivity index (χ3n) is 5.33. The summed E-state index contributed by atoms with van der Waals surface area (Å²) in [5, 5.41) is 10.9. The third kappa shape index (κ3) is 5.29. The van der Waals surface area contributed by atoms with Crippen LogP contribution in [-0.4, -0.2) is 17.1 Å². The first-order valence-electron chi connectivity index (χ1n) is 10.6. The maximum absolute atomic E-state index is 12.6. The summed E-state index contributed by atoms with van der Waals surface area (Å²) in [6.07, 6.45) is 1.70. The van der Waals surface area contributed by atoms with Crippen LogP contribution in [0.15, 0.2) is 71.7 Å². The summed E-state index contributed by atoms with van der Waals surface area (Å²) < 4.78 is 0. The summed E-state index contributed by atoms with van der Waals surface area (Å²) in [7, 11) is 0. The first kappa shape index (κ1) is 22.5. The van der Waals surface area contributed by atoms with E-state index in [2.05, 4.69) is 52.6 Å². The standard InChI is InChI=1S/C28H31NO2/c1-27(2,3)22-16-21(26(31)24(17-22)28(4,5)6)18-29-23-14-12-20(13-15-23)25(30)19-10-8-7-9-11-19/h7-18,31H,1-6H3. The topological polar surface area (TPSA) is 49.7 Å². The number of aromatic hydroxyl groups is 1. The highest BCUT2D eigenvalue weighted by Gasteiger charge is 2.24. The molecule has 0 fully saturated rings. The van der Waals surface area contributed by atoms with Crippen molar-refractivity contribution in [2.24, 2.45) is 4.99 Å². The molecule has 0 unspecified atom stereocenters. The third-order valence-corrected chi connectivity index (χ3v) is 5.33. The molecule has 3 aromatic rings. The van der Waals surface area contributed by atoms with Crippen molar-refractivity contribution in [3.8, 4) is 5.75 Å². The lowest BCUT2D eigenvalue weighted by molar-refractivity contribution is 0.103. The van der Waals surface area contributed by atoms with Crippen LogP contribution in [0.25, 0.3) is 0 Å². The van der Waals surface area contributed by atoms with E-state index in [9.17, 15) is 9.90 Å². The molecule has 3 rings (SSSR count). The van der Waals surface area contributed by atoms with Crippen molar-refractivity contribution in [2.75, 3.05) is 0 Å². The van der Waals surface area contributed by atoms with Gasteiger partial charge in [0.1, 0.15) is 5.75 Å². The lowest BCUT2D eigenvalue weighted by Crippen LogP contribution is -2.17. The van der Waals surface area contributed by atoms with Gasteiger partial charge in [0.05, 0.1) is 5.69 Å². The first-order valence-corrected chi connectivity index (χ1v) is 10.6. The molecule has 0 bridgehead atoms. The van der Waals surface area contributed by atoms with Gasteiger partial charge in [-0.2, -0.15) is 0 Å². The number of carbonyl (C=O) groups is 1. The highest BCUT2D eigenvalue weighted by molar-refractivity contribution is 6.09. The van der Waals surface area contributed by atoms with E-state index in [4.69, 9.17) is 0 Å². The number of carbonyl (C=O) groups excluding carboxylic acids is 1. The van der Waals surface area contributed by atoms with Crippen molar-refractivity contribution in [1.82, 2.24) is 0 Å². The minimum absolute atomic E-state index is 0.0125. The van der Waals surface area contributed by atoms with Crippen molar-refractivity contribution in [3.05, 3.63) is 94.5 Å². The number of phenolic OH excluding ortho intramolecular Hbond substituents is 1. The van der Waals surface area contributed by atoms with Gasteiger partial charge in [-0.25, -0.2) is 0 Å². The summed E-state index contributed by atoms with van der Waals surface area (Å²) >= 11 is 0. The van der Waals surface area contributed by atoms with E-state index < -0.39 is 0 Å². The van der Waals surface area contributed by atoms with Gasteiger partial charge in [-0.3, -0.25) is 9.79 Å². The van der Waals surface area contributed by atoms with E-state index in [-0.39, 0.29) is 22.4 Å². The Hall–Kier alpha value is -3.20. The Kier molecular flexibility index (Phi) is 6.17. The smallest absolute Gasteiger partial charge is 0.193 e. The molecule has 0 aliphatic rings. The van der Waals surface area contributed by atoms with Gasteiger partial charge in [-0.1, -0.05) is 77.9 Å². The number of nitrogens with zero attached hydrogens (tertiary/aromatic N) is 1. The Morgan fingerprint density at radius 3 is 1.94 bits per heavy atom. The molecule has 0 spiro atoms. The van der Waals surface area contributed by atoms with Crippen LogP contribution >= 0.6 is 0 Å². The van der Waals surface area contributed by atoms with E-state index in [1.807, 2.05) is 48.5 Å². The highest BCUT2D eigenvalue weighted by atomic mass is 16.3. The maximum atomic E-state index is 12.6. The molecule has 0 aromatic heterocycles. The number of aliphatic imine (C=N–C) groups is 1. The Balaban J connectivity index is 1.92. The van der Waals surface area contributed by atoms with Crippen molar-refractivity contribution < 1.29 is 9.90 Å². The van der Waals surface area contributed by atoms with Crippen LogP contribution in [0, 0.1) is 0 Å². The van der Waals surface area contributed by atoms with Gasteiger partial charge in [0.15, 0.2) is 5.78 Å². The van der Waals surface area contributed by atoms with Crippen LogP contribution in [0.5, 0.6) is 5.75 Å². The van der Waals surface area contributed by atoms with Gasteiger partial charge in [-0.15, -0.1) is 0 Å². The number of phenols is 1. The number of rotatable bonds is 4. The van der Waals surface area contributed by atoms with E-state index in [1.54, 1.807) is 18.3 Å². The Labute approximate surface area is 185 Å². The van der Waals surface area contributed by atoms with Gasteiger partial charge >= 0.3 is 0 Å². The van der Waals surface area contributed by atoms with Crippen molar-refractivity contribution in [3.63, 3.8) is 0 Å². The lowest BCUT2D eigenvalue weighted by atomic mass is 9.79. The van der Waals surface area contributed by atoms with Crippen molar-refractivity contribution in [1.29, 1.82) is 0 Å². The summed E-state index contributed by atoms with van der Waals surface area (Å²) in [6.45, 7) is 12.8. The second-order valence-corrected chi connectivity index (χ2v) is 9.96. The number of benzene rings is 3. The average molecular weight is 414 g/mol. The second-order valence-electron chi connectivity index (χ2n) is 9.96. The zero-order valence-electron chi connectivity index (χ0n) is 19.2. The molecule has 0 heterocycles. The zero-order valence-corrected chi connectivity index (χ0v) is 19.2. The number of hydrogen-bond acceptors (Lipinski definition) is 3. The molecule has 31 heavy (non-hydrogen) atoms. The van der Waals surface area contributed by atoms with E-state index >= 15 is 0 Å². The Morgan fingerprint density at radius 1 is 0.806 bits per heavy atom. The predicted octanol–water partition coefficient (Wildman–Crippen LogP) is 6.97. The van der Waals surface area contributed by atoms with E-state index in [0.717, 1.165) is 16.8 Å². The largest absolute Gasteiger partial charge is 0.507 e. The molecular weight excluding hydrogens is 382 g/mol. The quantitative estimate of drug-likeness (QED) is 0.371. The molecule has 3 heteroatoms. The molecule has 0 atom stereocenters. The molecule has 1 N–H and O–H groups in total. The van der Waals surface area contributed by atoms with Crippen LogP contribution in [-0.2, 0) is 10.8 Å². The van der Waals surface area contributed by atoms with E-state index in [1.165, 1.54) is 0 Å². The minimum atomic E-state index is -0.187. The Morgan fingerprint density at radius 2 is 1.39 bits per heavy atom. The molecule has 0 amide bonds. The fourth-order valence-electron chi connectivity index (χ4n) is 3.36. The highest BCUT2D eigenvalue weighted by Crippen LogP contribution is 2.37. The second kappa shape index (κ2) is 8.50. The summed E-state index contributed by atoms with van der Waals surface area (Å²) in [5.41, 5.74) is 4.54. The molecule has 0 radical (unpaired) electrons. The van der Waals surface area contributed by atoms with Crippen LogP contribution in [0.1, 0.15) is 74.2 Å². The zero-order chi connectivity index (χ0) is 22.8. The summed E-state index contributed by atoms with van der Waals surface area (Å²) in [5.74, 6) is 0.251. The van der Waals surface area contributed by atoms with Gasteiger partial charge in [0.25, 0.3) is 0 Å². The Bertz CT molecular complexity index is 1100. The van der Waals surface area contributed by atoms with E-state index in [0.29, 0.717) is 16.7 Å². The van der Waals surface area contributed by atoms with Gasteiger partial charge < -0.3 is 5.11 Å². The molecular formula is C28H31NO2. The van der Waals surface area contributed by atoms with Gasteiger partial charge in [0.2, 0.25) is 0 Å². The maximum Gasteiger partial charge on any atom is 0.193 e. The molecule has 0 aliphatic carbocycles. The normalized spacial score (nSPS) is 12.3. The molecule has 160 valence electrons. The average Bonchev–Trinajstić information content (AvgIpc) is 2.72. The SMILES string of the molecule is CC(C)(C)c1cc(C=Nc2ccc(C(=O)c3ccccc3)cc2)c(O)c(C(C)(C)C)c1. The molecule has 3 nitrogen and oxygen atoms in total. The van der Waals surface area contributed by atoms with Gasteiger partial charge in [0, 0.05) is 28.5 Å². The lowest BCUT2D eigenvalue weighted by Gasteiger charge is -2.26. The number of hydrogen-bond donors (Lipinski definition) is 1. The van der Waals surface area contributed by atoms with Crippen LogP contribution in [0.3, 0.4) is 0 Å². The first-order chi connectivity index (χ1) is 14.5. The molecule has 0 saturated heterocycles. The molecule has 0 saturated carbocycles. The fourth-order valence-corrected chi connectivity index (χ4v) is 3.36.